The van der Waals surface area contributed by atoms with E-state index in [0.717, 1.165) is 5.56 Å². The van der Waals surface area contributed by atoms with Crippen LogP contribution in [0.4, 0.5) is 4.39 Å². The third-order valence-corrected chi connectivity index (χ3v) is 5.44. The van der Waals surface area contributed by atoms with E-state index >= 15 is 0 Å². The SMILES string of the molecule is CCONC(=O)C(=O)CC(NC(=O)c1cccnc1-n1ccc(-c2ccccc2)n1)c1ccc(F)cc1. The fraction of sp³-hybridized carbons (Fsp3) is 0.148. The van der Waals surface area contributed by atoms with Gasteiger partial charge < -0.3 is 5.32 Å². The number of hydrogen-bond acceptors (Lipinski definition) is 6. The van der Waals surface area contributed by atoms with Gasteiger partial charge in [0.25, 0.3) is 5.91 Å². The van der Waals surface area contributed by atoms with Crippen molar-refractivity contribution in [1.82, 2.24) is 25.6 Å². The Morgan fingerprint density at radius 2 is 1.76 bits per heavy atom. The molecule has 0 saturated carbocycles. The van der Waals surface area contributed by atoms with Crippen molar-refractivity contribution in [3.63, 3.8) is 0 Å². The zero-order valence-electron chi connectivity index (χ0n) is 19.9. The van der Waals surface area contributed by atoms with Crippen LogP contribution in [-0.4, -0.2) is 39.0 Å². The second-order valence-corrected chi connectivity index (χ2v) is 7.96. The molecule has 1 unspecified atom stereocenters. The number of aromatic nitrogens is 3. The lowest BCUT2D eigenvalue weighted by Gasteiger charge is -2.19. The zero-order valence-corrected chi connectivity index (χ0v) is 19.9. The first-order valence-electron chi connectivity index (χ1n) is 11.5. The largest absolute Gasteiger partial charge is 0.345 e. The lowest BCUT2D eigenvalue weighted by molar-refractivity contribution is -0.145. The van der Waals surface area contributed by atoms with Crippen LogP contribution < -0.4 is 10.8 Å². The van der Waals surface area contributed by atoms with E-state index in [1.807, 2.05) is 41.9 Å². The van der Waals surface area contributed by atoms with Gasteiger partial charge >= 0.3 is 5.91 Å². The van der Waals surface area contributed by atoms with Crippen molar-refractivity contribution < 1.29 is 23.6 Å². The maximum atomic E-state index is 13.5. The number of carbonyl (C=O) groups is 3. The van der Waals surface area contributed by atoms with Gasteiger partial charge in [-0.3, -0.25) is 19.2 Å². The highest BCUT2D eigenvalue weighted by molar-refractivity contribution is 6.36. The van der Waals surface area contributed by atoms with Gasteiger partial charge in [-0.05, 0) is 42.8 Å². The van der Waals surface area contributed by atoms with Crippen molar-refractivity contribution in [3.8, 4) is 17.1 Å². The van der Waals surface area contributed by atoms with Crippen molar-refractivity contribution in [2.24, 2.45) is 0 Å². The van der Waals surface area contributed by atoms with Crippen LogP contribution in [-0.2, 0) is 14.4 Å². The van der Waals surface area contributed by atoms with Crippen molar-refractivity contribution in [1.29, 1.82) is 0 Å². The van der Waals surface area contributed by atoms with E-state index < -0.39 is 29.5 Å². The van der Waals surface area contributed by atoms with Gasteiger partial charge in [0.05, 0.1) is 23.9 Å². The third kappa shape index (κ3) is 6.30. The average Bonchev–Trinajstić information content (AvgIpc) is 3.42. The standard InChI is InChI=1S/C27H24FN5O4/c1-2-37-32-27(36)24(34)17-23(19-10-12-20(28)13-11-19)30-26(35)21-9-6-15-29-25(21)33-16-14-22(31-33)18-7-4-3-5-8-18/h3-16,23H,2,17H2,1H3,(H,30,35)(H,32,36). The molecule has 0 aliphatic carbocycles. The summed E-state index contributed by atoms with van der Waals surface area (Å²) in [5.41, 5.74) is 4.30. The highest BCUT2D eigenvalue weighted by Crippen LogP contribution is 2.22. The van der Waals surface area contributed by atoms with Gasteiger partial charge in [0.15, 0.2) is 5.82 Å². The van der Waals surface area contributed by atoms with Gasteiger partial charge in [-0.15, -0.1) is 0 Å². The molecule has 0 fully saturated rings. The summed E-state index contributed by atoms with van der Waals surface area (Å²) in [6.45, 7) is 1.83. The Morgan fingerprint density at radius 1 is 1.00 bits per heavy atom. The molecule has 2 aromatic carbocycles. The second-order valence-electron chi connectivity index (χ2n) is 7.96. The topological polar surface area (TPSA) is 115 Å². The van der Waals surface area contributed by atoms with Crippen LogP contribution in [0.2, 0.25) is 0 Å². The number of pyridine rings is 1. The summed E-state index contributed by atoms with van der Waals surface area (Å²) in [6.07, 6.45) is 2.86. The molecule has 1 atom stereocenters. The summed E-state index contributed by atoms with van der Waals surface area (Å²) in [5.74, 6) is -2.51. The summed E-state index contributed by atoms with van der Waals surface area (Å²) in [6, 6.07) is 18.9. The summed E-state index contributed by atoms with van der Waals surface area (Å²) in [5, 5.41) is 7.33. The molecule has 0 bridgehead atoms. The summed E-state index contributed by atoms with van der Waals surface area (Å²) in [4.78, 5) is 47.1. The van der Waals surface area contributed by atoms with Gasteiger partial charge in [0.1, 0.15) is 5.82 Å². The van der Waals surface area contributed by atoms with E-state index in [1.165, 1.54) is 35.1 Å². The smallest absolute Gasteiger partial charge is 0.310 e. The van der Waals surface area contributed by atoms with Crippen molar-refractivity contribution >= 4 is 17.6 Å². The van der Waals surface area contributed by atoms with Gasteiger partial charge in [-0.2, -0.15) is 5.10 Å². The van der Waals surface area contributed by atoms with Crippen LogP contribution in [0.5, 0.6) is 0 Å². The van der Waals surface area contributed by atoms with E-state index in [-0.39, 0.29) is 24.4 Å². The maximum Gasteiger partial charge on any atom is 0.310 e. The number of benzene rings is 2. The molecule has 2 aromatic heterocycles. The monoisotopic (exact) mass is 501 g/mol. The predicted octanol–water partition coefficient (Wildman–Crippen LogP) is 3.57. The minimum absolute atomic E-state index is 0.181. The fourth-order valence-corrected chi connectivity index (χ4v) is 3.62. The minimum atomic E-state index is -0.949. The molecule has 4 aromatic rings. The van der Waals surface area contributed by atoms with Crippen LogP contribution in [0.15, 0.2) is 85.2 Å². The normalized spacial score (nSPS) is 11.5. The lowest BCUT2D eigenvalue weighted by Crippen LogP contribution is -2.36. The summed E-state index contributed by atoms with van der Waals surface area (Å²) < 4.78 is 15.0. The number of hydrogen-bond donors (Lipinski definition) is 2. The molecule has 37 heavy (non-hydrogen) atoms. The molecule has 2 heterocycles. The molecule has 0 spiro atoms. The Hall–Kier alpha value is -4.70. The quantitative estimate of drug-likeness (QED) is 0.254. The first-order chi connectivity index (χ1) is 18.0. The van der Waals surface area contributed by atoms with Crippen LogP contribution in [0.1, 0.15) is 35.3 Å². The Balaban J connectivity index is 1.60. The number of carbonyl (C=O) groups excluding carboxylic acids is 3. The maximum absolute atomic E-state index is 13.5. The molecule has 0 aliphatic rings. The van der Waals surface area contributed by atoms with E-state index in [0.29, 0.717) is 11.3 Å². The fourth-order valence-electron chi connectivity index (χ4n) is 3.62. The number of hydroxylamine groups is 1. The minimum Gasteiger partial charge on any atom is -0.345 e. The zero-order chi connectivity index (χ0) is 26.2. The lowest BCUT2D eigenvalue weighted by atomic mass is 10.0. The Morgan fingerprint density at radius 3 is 2.49 bits per heavy atom. The molecule has 188 valence electrons. The highest BCUT2D eigenvalue weighted by Gasteiger charge is 2.25. The Labute approximate surface area is 212 Å². The van der Waals surface area contributed by atoms with Gasteiger partial charge in [0.2, 0.25) is 5.78 Å². The molecular formula is C27H24FN5O4. The first-order valence-corrected chi connectivity index (χ1v) is 11.5. The van der Waals surface area contributed by atoms with E-state index in [4.69, 9.17) is 4.84 Å². The van der Waals surface area contributed by atoms with Crippen molar-refractivity contribution in [3.05, 3.63) is 102 Å². The summed E-state index contributed by atoms with van der Waals surface area (Å²) >= 11 is 0. The molecular weight excluding hydrogens is 477 g/mol. The Kier molecular flexibility index (Phi) is 8.11. The van der Waals surface area contributed by atoms with Crippen LogP contribution >= 0.6 is 0 Å². The molecule has 0 radical (unpaired) electrons. The molecule has 10 heteroatoms. The van der Waals surface area contributed by atoms with Crippen molar-refractivity contribution in [2.75, 3.05) is 6.61 Å². The molecule has 2 N–H and O–H groups in total. The molecule has 9 nitrogen and oxygen atoms in total. The summed E-state index contributed by atoms with van der Waals surface area (Å²) in [7, 11) is 0. The number of rotatable bonds is 10. The van der Waals surface area contributed by atoms with Crippen LogP contribution in [0, 0.1) is 5.82 Å². The van der Waals surface area contributed by atoms with E-state index in [9.17, 15) is 18.8 Å². The van der Waals surface area contributed by atoms with Gasteiger partial charge in [-0.25, -0.2) is 19.5 Å². The molecule has 4 rings (SSSR count). The number of nitrogens with zero attached hydrogens (tertiary/aromatic N) is 3. The second kappa shape index (κ2) is 11.8. The third-order valence-electron chi connectivity index (χ3n) is 5.44. The number of nitrogens with one attached hydrogen (secondary N) is 2. The number of amides is 2. The highest BCUT2D eigenvalue weighted by atomic mass is 19.1. The van der Waals surface area contributed by atoms with E-state index in [1.54, 1.807) is 25.3 Å². The predicted molar refractivity (Wildman–Crippen MR) is 133 cm³/mol. The van der Waals surface area contributed by atoms with Crippen molar-refractivity contribution in [2.45, 2.75) is 19.4 Å². The van der Waals surface area contributed by atoms with Gasteiger partial charge in [-0.1, -0.05) is 42.5 Å². The molecule has 2 amide bonds. The number of Topliss-reactive ketones (excluding diaryl/α,β-unsaturated/α-hetero) is 1. The number of ketones is 1. The van der Waals surface area contributed by atoms with Gasteiger partial charge in [0, 0.05) is 24.4 Å². The van der Waals surface area contributed by atoms with Crippen LogP contribution in [0.3, 0.4) is 0 Å². The first kappa shape index (κ1) is 25.4. The molecule has 0 saturated heterocycles. The van der Waals surface area contributed by atoms with Crippen LogP contribution in [0.25, 0.3) is 17.1 Å². The number of halogens is 1. The molecule has 0 aliphatic heterocycles. The average molecular weight is 502 g/mol. The van der Waals surface area contributed by atoms with E-state index in [2.05, 4.69) is 15.4 Å². The Bertz CT molecular complexity index is 1390.